The number of nitrogens with zero attached hydrogens (tertiary/aromatic N) is 1. The first-order valence-electron chi connectivity index (χ1n) is 8.36. The summed E-state index contributed by atoms with van der Waals surface area (Å²) in [5.41, 5.74) is 5.15. The zero-order chi connectivity index (χ0) is 19.5. The minimum absolute atomic E-state index is 0.0207. The van der Waals surface area contributed by atoms with Crippen molar-refractivity contribution < 1.29 is 34.9 Å². The number of aromatic carboxylic acids is 1. The van der Waals surface area contributed by atoms with Crippen molar-refractivity contribution in [1.82, 2.24) is 4.90 Å². The summed E-state index contributed by atoms with van der Waals surface area (Å²) in [7, 11) is -1.54. The first kappa shape index (κ1) is 20.5. The van der Waals surface area contributed by atoms with E-state index >= 15 is 0 Å². The van der Waals surface area contributed by atoms with Gasteiger partial charge in [0.25, 0.3) is 0 Å². The third-order valence-corrected chi connectivity index (χ3v) is 4.27. The highest BCUT2D eigenvalue weighted by atomic mass is 16.5. The lowest BCUT2D eigenvalue weighted by Gasteiger charge is -2.42. The molecule has 0 radical (unpaired) electrons. The maximum absolute atomic E-state index is 11.5. The minimum Gasteiger partial charge on any atom is -0.507 e. The molecule has 26 heavy (non-hydrogen) atoms. The van der Waals surface area contributed by atoms with Crippen molar-refractivity contribution in [3.05, 3.63) is 23.3 Å². The van der Waals surface area contributed by atoms with E-state index in [4.69, 9.17) is 20.5 Å². The standard InChI is InChI=1S/C16H25BN2O7/c1-16(18,9-20)8-19-6-11(7-19)26-12-3-2-10(4-5-17(24)25)14(21)13(12)15(22)23/h2-3,11,20-21,24-25H,4-9,18H2,1H3,(H,22,23)/t16-/m0/s1. The van der Waals surface area contributed by atoms with Crippen LogP contribution in [-0.2, 0) is 6.42 Å². The molecule has 0 saturated carbocycles. The summed E-state index contributed by atoms with van der Waals surface area (Å²) < 4.78 is 5.70. The molecule has 0 aromatic heterocycles. The lowest BCUT2D eigenvalue weighted by molar-refractivity contribution is 0.000452. The molecule has 0 aliphatic carbocycles. The first-order chi connectivity index (χ1) is 12.1. The molecule has 10 heteroatoms. The summed E-state index contributed by atoms with van der Waals surface area (Å²) in [5, 5.41) is 46.6. The molecule has 0 bridgehead atoms. The number of hydrogen-bond donors (Lipinski definition) is 6. The summed E-state index contributed by atoms with van der Waals surface area (Å²) >= 11 is 0. The van der Waals surface area contributed by atoms with Gasteiger partial charge in [-0.25, -0.2) is 4.79 Å². The summed E-state index contributed by atoms with van der Waals surface area (Å²) in [6.45, 7) is 3.15. The number of phenols is 1. The molecule has 1 fully saturated rings. The maximum Gasteiger partial charge on any atom is 0.451 e. The first-order valence-corrected chi connectivity index (χ1v) is 8.36. The van der Waals surface area contributed by atoms with Crippen LogP contribution in [0.3, 0.4) is 0 Å². The van der Waals surface area contributed by atoms with Crippen LogP contribution < -0.4 is 10.5 Å². The van der Waals surface area contributed by atoms with Gasteiger partial charge in [-0.15, -0.1) is 0 Å². The van der Waals surface area contributed by atoms with E-state index in [0.717, 1.165) is 0 Å². The fourth-order valence-electron chi connectivity index (χ4n) is 2.87. The number of aryl methyl sites for hydroxylation is 1. The molecule has 1 aliphatic rings. The smallest absolute Gasteiger partial charge is 0.451 e. The summed E-state index contributed by atoms with van der Waals surface area (Å²) in [5.74, 6) is -1.69. The van der Waals surface area contributed by atoms with Crippen LogP contribution in [0.25, 0.3) is 0 Å². The van der Waals surface area contributed by atoms with E-state index in [2.05, 4.69) is 0 Å². The quantitative estimate of drug-likeness (QED) is 0.297. The van der Waals surface area contributed by atoms with Crippen molar-refractivity contribution in [1.29, 1.82) is 0 Å². The Labute approximate surface area is 151 Å². The number of likely N-dealkylation sites (tertiary alicyclic amines) is 1. The van der Waals surface area contributed by atoms with Gasteiger partial charge in [-0.05, 0) is 31.3 Å². The normalized spacial score (nSPS) is 17.4. The molecule has 1 heterocycles. The predicted molar refractivity (Wildman–Crippen MR) is 94.3 cm³/mol. The van der Waals surface area contributed by atoms with Crippen molar-refractivity contribution in [3.8, 4) is 11.5 Å². The van der Waals surface area contributed by atoms with E-state index in [1.54, 1.807) is 6.92 Å². The third-order valence-electron chi connectivity index (χ3n) is 4.27. The minimum atomic E-state index is -1.54. The number of hydrogen-bond acceptors (Lipinski definition) is 8. The third kappa shape index (κ3) is 5.09. The average Bonchev–Trinajstić information content (AvgIpc) is 2.51. The Balaban J connectivity index is 2.04. The summed E-state index contributed by atoms with van der Waals surface area (Å²) in [4.78, 5) is 13.5. The van der Waals surface area contributed by atoms with Crippen molar-refractivity contribution in [2.45, 2.75) is 31.3 Å². The molecule has 144 valence electrons. The molecular formula is C16H25BN2O7. The lowest BCUT2D eigenvalue weighted by atomic mass is 9.82. The van der Waals surface area contributed by atoms with Gasteiger partial charge in [0, 0.05) is 25.2 Å². The number of aromatic hydroxyl groups is 1. The van der Waals surface area contributed by atoms with Gasteiger partial charge >= 0.3 is 13.1 Å². The van der Waals surface area contributed by atoms with Crippen molar-refractivity contribution in [2.24, 2.45) is 5.73 Å². The van der Waals surface area contributed by atoms with Crippen LogP contribution >= 0.6 is 0 Å². The van der Waals surface area contributed by atoms with Gasteiger partial charge in [0.1, 0.15) is 23.2 Å². The Morgan fingerprint density at radius 1 is 1.42 bits per heavy atom. The molecule has 1 atom stereocenters. The predicted octanol–water partition coefficient (Wildman–Crippen LogP) is -1.12. The van der Waals surface area contributed by atoms with Crippen LogP contribution in [0.15, 0.2) is 12.1 Å². The van der Waals surface area contributed by atoms with Crippen molar-refractivity contribution in [2.75, 3.05) is 26.2 Å². The molecule has 7 N–H and O–H groups in total. The number of aliphatic hydroxyl groups is 1. The van der Waals surface area contributed by atoms with E-state index in [9.17, 15) is 20.1 Å². The summed E-state index contributed by atoms with van der Waals surface area (Å²) in [6.07, 6.45) is -0.142. The zero-order valence-electron chi connectivity index (χ0n) is 14.6. The molecule has 1 saturated heterocycles. The fourth-order valence-corrected chi connectivity index (χ4v) is 2.87. The van der Waals surface area contributed by atoms with Crippen LogP contribution in [0, 0.1) is 0 Å². The zero-order valence-corrected chi connectivity index (χ0v) is 14.6. The Morgan fingerprint density at radius 3 is 2.62 bits per heavy atom. The largest absolute Gasteiger partial charge is 0.507 e. The van der Waals surface area contributed by atoms with Gasteiger partial charge in [-0.1, -0.05) is 6.07 Å². The van der Waals surface area contributed by atoms with Gasteiger partial charge in [0.2, 0.25) is 0 Å². The van der Waals surface area contributed by atoms with E-state index in [0.29, 0.717) is 25.2 Å². The Bertz CT molecular complexity index is 648. The van der Waals surface area contributed by atoms with Gasteiger partial charge in [-0.2, -0.15) is 0 Å². The molecule has 0 unspecified atom stereocenters. The Kier molecular flexibility index (Phi) is 6.48. The van der Waals surface area contributed by atoms with E-state index in [1.165, 1.54) is 12.1 Å². The van der Waals surface area contributed by atoms with Crippen LogP contribution in [0.2, 0.25) is 6.32 Å². The SMILES string of the molecule is C[C@@](N)(CO)CN1CC(Oc2ccc(CCB(O)O)c(O)c2C(=O)O)C1. The van der Waals surface area contributed by atoms with Crippen molar-refractivity contribution >= 4 is 13.1 Å². The number of ether oxygens (including phenoxy) is 1. The molecule has 1 aromatic carbocycles. The van der Waals surface area contributed by atoms with Gasteiger partial charge in [0.15, 0.2) is 0 Å². The van der Waals surface area contributed by atoms with E-state index in [-0.39, 0.29) is 36.8 Å². The van der Waals surface area contributed by atoms with Crippen LogP contribution in [0.4, 0.5) is 0 Å². The molecule has 1 aromatic rings. The number of nitrogens with two attached hydrogens (primary N) is 1. The second-order valence-corrected chi connectivity index (χ2v) is 7.02. The highest BCUT2D eigenvalue weighted by molar-refractivity contribution is 6.41. The van der Waals surface area contributed by atoms with Crippen LogP contribution in [0.1, 0.15) is 22.8 Å². The van der Waals surface area contributed by atoms with E-state index in [1.807, 2.05) is 4.90 Å². The van der Waals surface area contributed by atoms with Crippen LogP contribution in [0.5, 0.6) is 11.5 Å². The van der Waals surface area contributed by atoms with Crippen molar-refractivity contribution in [3.63, 3.8) is 0 Å². The highest BCUT2D eigenvalue weighted by Gasteiger charge is 2.34. The highest BCUT2D eigenvalue weighted by Crippen LogP contribution is 2.34. The average molecular weight is 368 g/mol. The monoisotopic (exact) mass is 368 g/mol. The number of aliphatic hydroxyl groups excluding tert-OH is 1. The fraction of sp³-hybridized carbons (Fsp3) is 0.562. The second-order valence-electron chi connectivity index (χ2n) is 7.02. The number of rotatable bonds is 9. The number of carbonyl (C=O) groups is 1. The van der Waals surface area contributed by atoms with Gasteiger partial charge in [-0.3, -0.25) is 4.90 Å². The molecule has 2 rings (SSSR count). The second kappa shape index (κ2) is 8.23. The van der Waals surface area contributed by atoms with E-state index < -0.39 is 24.4 Å². The topological polar surface area (TPSA) is 157 Å². The molecule has 0 spiro atoms. The molecule has 9 nitrogen and oxygen atoms in total. The molecule has 0 amide bonds. The van der Waals surface area contributed by atoms with Crippen LogP contribution in [-0.4, -0.2) is 81.2 Å². The summed E-state index contributed by atoms with van der Waals surface area (Å²) in [6, 6.07) is 2.98. The lowest BCUT2D eigenvalue weighted by Crippen LogP contribution is -2.61. The number of carboxylic acids is 1. The number of benzene rings is 1. The Morgan fingerprint density at radius 2 is 2.08 bits per heavy atom. The van der Waals surface area contributed by atoms with Gasteiger partial charge < -0.3 is 35.8 Å². The number of carboxylic acid groups (broad SMARTS) is 1. The molecule has 1 aliphatic heterocycles. The maximum atomic E-state index is 11.5. The van der Waals surface area contributed by atoms with Gasteiger partial charge in [0.05, 0.1) is 6.61 Å². The Hall–Kier alpha value is -1.85. The molecular weight excluding hydrogens is 343 g/mol.